The minimum Gasteiger partial charge on any atom is -0.475 e. The SMILES string of the molecule is O=C(O)C(=O)CNC(=O)C(F)(F)F. The Bertz CT molecular complexity index is 247. The van der Waals surface area contributed by atoms with Gasteiger partial charge in [-0.05, 0) is 0 Å². The molecule has 0 aliphatic heterocycles. The second-order valence-electron chi connectivity index (χ2n) is 1.91. The molecule has 0 aromatic heterocycles. The number of carbonyl (C=O) groups is 3. The minimum atomic E-state index is -5.11. The molecule has 2 N–H and O–H groups in total. The van der Waals surface area contributed by atoms with Gasteiger partial charge >= 0.3 is 18.1 Å². The van der Waals surface area contributed by atoms with E-state index in [1.165, 1.54) is 0 Å². The van der Waals surface area contributed by atoms with Crippen LogP contribution < -0.4 is 5.32 Å². The van der Waals surface area contributed by atoms with E-state index in [2.05, 4.69) is 0 Å². The lowest BCUT2D eigenvalue weighted by Crippen LogP contribution is -2.41. The predicted molar refractivity (Wildman–Crippen MR) is 31.7 cm³/mol. The molecular formula is C5H4F3NO4. The number of carboxylic acid groups (broad SMARTS) is 1. The first-order valence-electron chi connectivity index (χ1n) is 2.86. The number of rotatable bonds is 3. The van der Waals surface area contributed by atoms with Crippen molar-refractivity contribution in [2.45, 2.75) is 6.18 Å². The molecule has 0 atom stereocenters. The molecule has 74 valence electrons. The highest BCUT2D eigenvalue weighted by molar-refractivity contribution is 6.33. The summed E-state index contributed by atoms with van der Waals surface area (Å²) in [4.78, 5) is 30.0. The Balaban J connectivity index is 3.99. The second-order valence-corrected chi connectivity index (χ2v) is 1.91. The third kappa shape index (κ3) is 4.09. The van der Waals surface area contributed by atoms with Crippen LogP contribution in [0, 0.1) is 0 Å². The molecule has 0 fully saturated rings. The molecule has 1 amide bonds. The molecule has 8 heteroatoms. The third-order valence-corrected chi connectivity index (χ3v) is 0.906. The zero-order valence-electron chi connectivity index (χ0n) is 6.01. The highest BCUT2D eigenvalue weighted by atomic mass is 19.4. The van der Waals surface area contributed by atoms with E-state index in [9.17, 15) is 27.6 Å². The van der Waals surface area contributed by atoms with Crippen molar-refractivity contribution in [2.24, 2.45) is 0 Å². The highest BCUT2D eigenvalue weighted by Gasteiger charge is 2.38. The van der Waals surface area contributed by atoms with Crippen molar-refractivity contribution in [3.63, 3.8) is 0 Å². The first kappa shape index (κ1) is 11.4. The molecule has 0 rings (SSSR count). The van der Waals surface area contributed by atoms with Crippen molar-refractivity contribution in [3.05, 3.63) is 0 Å². The van der Waals surface area contributed by atoms with Crippen molar-refractivity contribution in [1.29, 1.82) is 0 Å². The molecule has 0 spiro atoms. The number of hydrogen-bond acceptors (Lipinski definition) is 3. The van der Waals surface area contributed by atoms with E-state index in [0.29, 0.717) is 0 Å². The lowest BCUT2D eigenvalue weighted by atomic mass is 10.4. The molecule has 13 heavy (non-hydrogen) atoms. The number of carboxylic acids is 1. The Morgan fingerprint density at radius 3 is 2.00 bits per heavy atom. The van der Waals surface area contributed by atoms with Gasteiger partial charge in [0.15, 0.2) is 0 Å². The predicted octanol–water partition coefficient (Wildman–Crippen LogP) is -0.681. The Morgan fingerprint density at radius 2 is 1.69 bits per heavy atom. The molecule has 0 aliphatic carbocycles. The summed E-state index contributed by atoms with van der Waals surface area (Å²) < 4.78 is 34.3. The standard InChI is InChI=1S/C5H4F3NO4/c6-5(7,8)4(13)9-1-2(10)3(11)12/h1H2,(H,9,13)(H,11,12). The maximum absolute atomic E-state index is 11.4. The van der Waals surface area contributed by atoms with Gasteiger partial charge in [0.25, 0.3) is 5.78 Å². The molecule has 0 heterocycles. The Kier molecular flexibility index (Phi) is 3.40. The highest BCUT2D eigenvalue weighted by Crippen LogP contribution is 2.13. The molecule has 0 radical (unpaired) electrons. The Labute approximate surface area is 69.5 Å². The molecule has 5 nitrogen and oxygen atoms in total. The van der Waals surface area contributed by atoms with Crippen LogP contribution in [0.25, 0.3) is 0 Å². The van der Waals surface area contributed by atoms with E-state index < -0.39 is 30.4 Å². The van der Waals surface area contributed by atoms with Crippen LogP contribution in [0.1, 0.15) is 0 Å². The molecule has 0 aromatic carbocycles. The molecule has 0 saturated carbocycles. The summed E-state index contributed by atoms with van der Waals surface area (Å²) in [7, 11) is 0. The number of carbonyl (C=O) groups excluding carboxylic acids is 2. The fourth-order valence-electron chi connectivity index (χ4n) is 0.336. The number of hydrogen-bond donors (Lipinski definition) is 2. The van der Waals surface area contributed by atoms with Crippen molar-refractivity contribution in [3.8, 4) is 0 Å². The lowest BCUT2D eigenvalue weighted by Gasteiger charge is -2.04. The first-order valence-corrected chi connectivity index (χ1v) is 2.86. The van der Waals surface area contributed by atoms with Gasteiger partial charge in [0.1, 0.15) is 0 Å². The minimum absolute atomic E-state index is 1.11. The average Bonchev–Trinajstić information content (AvgIpc) is 1.97. The summed E-state index contributed by atoms with van der Waals surface area (Å²) >= 11 is 0. The number of amides is 1. The maximum atomic E-state index is 11.4. The smallest absolute Gasteiger partial charge is 0.471 e. The molecule has 0 aliphatic rings. The van der Waals surface area contributed by atoms with Crippen LogP contribution in [-0.2, 0) is 14.4 Å². The van der Waals surface area contributed by atoms with E-state index in [4.69, 9.17) is 5.11 Å². The van der Waals surface area contributed by atoms with Gasteiger partial charge in [0.2, 0.25) is 0 Å². The summed E-state index contributed by atoms with van der Waals surface area (Å²) in [5, 5.41) is 9.03. The van der Waals surface area contributed by atoms with Crippen LogP contribution in [0.4, 0.5) is 13.2 Å². The van der Waals surface area contributed by atoms with Crippen LogP contribution >= 0.6 is 0 Å². The van der Waals surface area contributed by atoms with E-state index in [0.717, 1.165) is 5.32 Å². The largest absolute Gasteiger partial charge is 0.475 e. The van der Waals surface area contributed by atoms with Crippen LogP contribution in [0.3, 0.4) is 0 Å². The lowest BCUT2D eigenvalue weighted by molar-refractivity contribution is -0.173. The van der Waals surface area contributed by atoms with Crippen LogP contribution in [0.15, 0.2) is 0 Å². The second kappa shape index (κ2) is 3.87. The van der Waals surface area contributed by atoms with Gasteiger partial charge in [-0.25, -0.2) is 4.79 Å². The molecule has 0 saturated heterocycles. The maximum Gasteiger partial charge on any atom is 0.471 e. The molecule has 0 aromatic rings. The average molecular weight is 199 g/mol. The van der Waals surface area contributed by atoms with E-state index in [1.54, 1.807) is 0 Å². The Hall–Kier alpha value is -1.60. The fourth-order valence-corrected chi connectivity index (χ4v) is 0.336. The summed E-state index contributed by atoms with van der Waals surface area (Å²) in [6, 6.07) is 0. The Morgan fingerprint density at radius 1 is 1.23 bits per heavy atom. The van der Waals surface area contributed by atoms with E-state index in [1.807, 2.05) is 0 Å². The van der Waals surface area contributed by atoms with Gasteiger partial charge in [-0.1, -0.05) is 0 Å². The van der Waals surface area contributed by atoms with Crippen LogP contribution in [0.2, 0.25) is 0 Å². The zero-order valence-corrected chi connectivity index (χ0v) is 6.01. The van der Waals surface area contributed by atoms with Crippen molar-refractivity contribution in [1.82, 2.24) is 5.32 Å². The fraction of sp³-hybridized carbons (Fsp3) is 0.400. The summed E-state index contributed by atoms with van der Waals surface area (Å²) in [5.74, 6) is -5.76. The van der Waals surface area contributed by atoms with Gasteiger partial charge in [-0.3, -0.25) is 9.59 Å². The molecular weight excluding hydrogens is 195 g/mol. The van der Waals surface area contributed by atoms with Gasteiger partial charge in [0, 0.05) is 0 Å². The third-order valence-electron chi connectivity index (χ3n) is 0.906. The number of halogens is 3. The zero-order chi connectivity index (χ0) is 10.6. The number of Topliss-reactive ketones (excluding diaryl/α,β-unsaturated/α-hetero) is 1. The summed E-state index contributed by atoms with van der Waals surface area (Å²) in [5.41, 5.74) is 0. The molecule has 0 bridgehead atoms. The van der Waals surface area contributed by atoms with E-state index in [-0.39, 0.29) is 0 Å². The normalized spacial score (nSPS) is 10.7. The first-order chi connectivity index (χ1) is 5.75. The monoisotopic (exact) mass is 199 g/mol. The van der Waals surface area contributed by atoms with E-state index >= 15 is 0 Å². The van der Waals surface area contributed by atoms with Gasteiger partial charge in [-0.15, -0.1) is 0 Å². The topological polar surface area (TPSA) is 83.5 Å². The van der Waals surface area contributed by atoms with Crippen LogP contribution in [-0.4, -0.2) is 35.5 Å². The number of ketones is 1. The van der Waals surface area contributed by atoms with Gasteiger partial charge < -0.3 is 10.4 Å². The number of aliphatic carboxylic acids is 1. The molecule has 0 unspecified atom stereocenters. The summed E-state index contributed by atoms with van der Waals surface area (Å²) in [6.45, 7) is -1.17. The summed E-state index contributed by atoms with van der Waals surface area (Å²) in [6.07, 6.45) is -5.11. The number of alkyl halides is 3. The van der Waals surface area contributed by atoms with Gasteiger partial charge in [-0.2, -0.15) is 13.2 Å². The van der Waals surface area contributed by atoms with Crippen molar-refractivity contribution in [2.75, 3.05) is 6.54 Å². The van der Waals surface area contributed by atoms with Gasteiger partial charge in [0.05, 0.1) is 6.54 Å². The van der Waals surface area contributed by atoms with Crippen molar-refractivity contribution < 1.29 is 32.7 Å². The quantitative estimate of drug-likeness (QED) is 0.590. The van der Waals surface area contributed by atoms with Crippen LogP contribution in [0.5, 0.6) is 0 Å². The number of nitrogens with one attached hydrogen (secondary N) is 1. The van der Waals surface area contributed by atoms with Crippen molar-refractivity contribution >= 4 is 17.7 Å².